The minimum atomic E-state index is -3.47. The fourth-order valence-corrected chi connectivity index (χ4v) is 3.65. The molecule has 2 heterocycles. The smallest absolute Gasteiger partial charge is 0.243 e. The van der Waals surface area contributed by atoms with Crippen LogP contribution in [0.3, 0.4) is 0 Å². The molecule has 19 heavy (non-hydrogen) atoms. The summed E-state index contributed by atoms with van der Waals surface area (Å²) in [5.41, 5.74) is 0. The van der Waals surface area contributed by atoms with Crippen LogP contribution >= 0.6 is 15.9 Å². The van der Waals surface area contributed by atoms with Gasteiger partial charge in [-0.15, -0.1) is 10.2 Å². The number of hydrogen-bond donors (Lipinski definition) is 0. The van der Waals surface area contributed by atoms with Crippen molar-refractivity contribution in [3.63, 3.8) is 0 Å². The van der Waals surface area contributed by atoms with Gasteiger partial charge in [0.25, 0.3) is 0 Å². The molecule has 0 saturated carbocycles. The molecule has 0 saturated heterocycles. The first-order valence-electron chi connectivity index (χ1n) is 5.70. The number of benzene rings is 1. The van der Waals surface area contributed by atoms with Crippen LogP contribution in [0.1, 0.15) is 5.82 Å². The van der Waals surface area contributed by atoms with Gasteiger partial charge in [-0.3, -0.25) is 0 Å². The largest absolute Gasteiger partial charge is 0.315 e. The van der Waals surface area contributed by atoms with E-state index in [4.69, 9.17) is 0 Å². The molecular formula is C11H11BrN4O2S. The van der Waals surface area contributed by atoms with E-state index in [-0.39, 0.29) is 6.54 Å². The molecule has 0 unspecified atom stereocenters. The summed E-state index contributed by atoms with van der Waals surface area (Å²) < 4.78 is 29.1. The molecule has 0 amide bonds. The molecule has 6 nitrogen and oxygen atoms in total. The van der Waals surface area contributed by atoms with Crippen LogP contribution in [-0.2, 0) is 23.1 Å². The Morgan fingerprint density at radius 2 is 1.89 bits per heavy atom. The molecule has 0 aliphatic carbocycles. The highest BCUT2D eigenvalue weighted by Gasteiger charge is 2.29. The molecule has 0 radical (unpaired) electrons. The normalized spacial score (nSPS) is 16.3. The highest BCUT2D eigenvalue weighted by atomic mass is 79.9. The Morgan fingerprint density at radius 1 is 1.16 bits per heavy atom. The van der Waals surface area contributed by atoms with Gasteiger partial charge in [-0.1, -0.05) is 15.9 Å². The molecule has 1 aliphatic rings. The summed E-state index contributed by atoms with van der Waals surface area (Å²) in [5.74, 6) is 0.673. The molecule has 0 bridgehead atoms. The summed E-state index contributed by atoms with van der Waals surface area (Å²) in [6.45, 7) is 1.28. The molecule has 3 rings (SSSR count). The molecule has 100 valence electrons. The van der Waals surface area contributed by atoms with Crippen LogP contribution in [0.4, 0.5) is 0 Å². The van der Waals surface area contributed by atoms with E-state index in [1.54, 1.807) is 30.6 Å². The van der Waals surface area contributed by atoms with Gasteiger partial charge in [0, 0.05) is 17.6 Å². The average molecular weight is 343 g/mol. The Balaban J connectivity index is 1.92. The molecule has 1 aromatic carbocycles. The van der Waals surface area contributed by atoms with E-state index in [1.807, 2.05) is 4.57 Å². The maximum Gasteiger partial charge on any atom is 0.243 e. The van der Waals surface area contributed by atoms with Gasteiger partial charge in [0.1, 0.15) is 12.2 Å². The Morgan fingerprint density at radius 3 is 2.63 bits per heavy atom. The quantitative estimate of drug-likeness (QED) is 0.823. The predicted octanol–water partition coefficient (Wildman–Crippen LogP) is 1.25. The predicted molar refractivity (Wildman–Crippen MR) is 71.8 cm³/mol. The van der Waals surface area contributed by atoms with Crippen LogP contribution in [0.15, 0.2) is 40.0 Å². The van der Waals surface area contributed by atoms with Gasteiger partial charge in [-0.2, -0.15) is 4.31 Å². The highest BCUT2D eigenvalue weighted by Crippen LogP contribution is 2.22. The van der Waals surface area contributed by atoms with Crippen LogP contribution < -0.4 is 0 Å². The number of sulfonamides is 1. The minimum Gasteiger partial charge on any atom is -0.315 e. The summed E-state index contributed by atoms with van der Waals surface area (Å²) in [5, 5.41) is 7.72. The Labute approximate surface area is 119 Å². The molecule has 1 aromatic heterocycles. The number of fused-ring (bicyclic) bond motifs is 1. The van der Waals surface area contributed by atoms with E-state index in [9.17, 15) is 8.42 Å². The van der Waals surface area contributed by atoms with Gasteiger partial charge in [0.05, 0.1) is 11.4 Å². The lowest BCUT2D eigenvalue weighted by Gasteiger charge is -2.26. The number of aromatic nitrogens is 3. The lowest BCUT2D eigenvalue weighted by atomic mass is 10.4. The first kappa shape index (κ1) is 12.8. The lowest BCUT2D eigenvalue weighted by molar-refractivity contribution is 0.335. The van der Waals surface area contributed by atoms with E-state index < -0.39 is 10.0 Å². The highest BCUT2D eigenvalue weighted by molar-refractivity contribution is 9.10. The maximum absolute atomic E-state index is 12.5. The van der Waals surface area contributed by atoms with Gasteiger partial charge in [0.2, 0.25) is 10.0 Å². The fourth-order valence-electron chi connectivity index (χ4n) is 2.00. The third kappa shape index (κ3) is 2.31. The van der Waals surface area contributed by atoms with Crippen molar-refractivity contribution in [2.45, 2.75) is 18.0 Å². The minimum absolute atomic E-state index is 0.262. The number of nitrogens with zero attached hydrogens (tertiary/aromatic N) is 4. The standard InChI is InChI=1S/C11H11BrN4O2S/c12-9-1-3-10(4-2-9)19(17,18)16-6-5-15-8-13-14-11(15)7-16/h1-4,8H,5-7H2. The zero-order chi connectivity index (χ0) is 13.5. The molecule has 1 aliphatic heterocycles. The van der Waals surface area contributed by atoms with E-state index in [1.165, 1.54) is 4.31 Å². The van der Waals surface area contributed by atoms with Crippen molar-refractivity contribution < 1.29 is 8.42 Å². The van der Waals surface area contributed by atoms with Crippen molar-refractivity contribution in [2.24, 2.45) is 0 Å². The average Bonchev–Trinajstić information content (AvgIpc) is 2.86. The first-order chi connectivity index (χ1) is 9.07. The van der Waals surface area contributed by atoms with E-state index in [2.05, 4.69) is 26.1 Å². The van der Waals surface area contributed by atoms with Crippen molar-refractivity contribution in [1.29, 1.82) is 0 Å². The second-order valence-corrected chi connectivity index (χ2v) is 7.09. The third-order valence-corrected chi connectivity index (χ3v) is 5.44. The van der Waals surface area contributed by atoms with Crippen LogP contribution in [0.25, 0.3) is 0 Å². The van der Waals surface area contributed by atoms with Gasteiger partial charge in [-0.05, 0) is 24.3 Å². The van der Waals surface area contributed by atoms with Crippen molar-refractivity contribution >= 4 is 26.0 Å². The van der Waals surface area contributed by atoms with Gasteiger partial charge in [0.15, 0.2) is 0 Å². The summed E-state index contributed by atoms with van der Waals surface area (Å²) in [6, 6.07) is 6.64. The number of hydrogen-bond acceptors (Lipinski definition) is 4. The molecule has 0 N–H and O–H groups in total. The van der Waals surface area contributed by atoms with Gasteiger partial charge < -0.3 is 4.57 Å². The SMILES string of the molecule is O=S(=O)(c1ccc(Br)cc1)N1CCn2cnnc2C1. The van der Waals surface area contributed by atoms with Crippen molar-refractivity contribution in [3.05, 3.63) is 40.9 Å². The lowest BCUT2D eigenvalue weighted by Crippen LogP contribution is -2.38. The third-order valence-electron chi connectivity index (χ3n) is 3.06. The van der Waals surface area contributed by atoms with Gasteiger partial charge in [-0.25, -0.2) is 8.42 Å². The van der Waals surface area contributed by atoms with E-state index >= 15 is 0 Å². The summed E-state index contributed by atoms with van der Waals surface area (Å²) in [7, 11) is -3.47. The summed E-state index contributed by atoms with van der Waals surface area (Å²) in [6.07, 6.45) is 1.62. The second kappa shape index (κ2) is 4.69. The molecule has 0 spiro atoms. The summed E-state index contributed by atoms with van der Waals surface area (Å²) in [4.78, 5) is 0.295. The van der Waals surface area contributed by atoms with Crippen LogP contribution in [0, 0.1) is 0 Å². The van der Waals surface area contributed by atoms with Gasteiger partial charge >= 0.3 is 0 Å². The zero-order valence-electron chi connectivity index (χ0n) is 9.90. The summed E-state index contributed by atoms with van der Waals surface area (Å²) >= 11 is 3.29. The zero-order valence-corrected chi connectivity index (χ0v) is 12.3. The number of rotatable bonds is 2. The van der Waals surface area contributed by atoms with Crippen molar-refractivity contribution in [3.8, 4) is 0 Å². The van der Waals surface area contributed by atoms with Crippen LogP contribution in [0.2, 0.25) is 0 Å². The monoisotopic (exact) mass is 342 g/mol. The fraction of sp³-hybridized carbons (Fsp3) is 0.273. The Kier molecular flexibility index (Phi) is 3.15. The van der Waals surface area contributed by atoms with E-state index in [0.717, 1.165) is 4.47 Å². The molecule has 0 atom stereocenters. The van der Waals surface area contributed by atoms with Crippen LogP contribution in [-0.4, -0.2) is 34.0 Å². The molecule has 8 heteroatoms. The van der Waals surface area contributed by atoms with Crippen molar-refractivity contribution in [2.75, 3.05) is 6.54 Å². The molecule has 0 fully saturated rings. The topological polar surface area (TPSA) is 68.1 Å². The number of halogens is 1. The van der Waals surface area contributed by atoms with Crippen molar-refractivity contribution in [1.82, 2.24) is 19.1 Å². The Bertz CT molecular complexity index is 696. The van der Waals surface area contributed by atoms with E-state index in [0.29, 0.717) is 23.8 Å². The van der Waals surface area contributed by atoms with Crippen LogP contribution in [0.5, 0.6) is 0 Å². The maximum atomic E-state index is 12.5. The first-order valence-corrected chi connectivity index (χ1v) is 7.93. The Hall–Kier alpha value is -1.25. The second-order valence-electron chi connectivity index (χ2n) is 4.23. The molecular weight excluding hydrogens is 332 g/mol. The molecule has 2 aromatic rings.